The van der Waals surface area contributed by atoms with Gasteiger partial charge in [0.05, 0.1) is 12.1 Å². The number of nitrogens with one attached hydrogen (secondary N) is 1. The van der Waals surface area contributed by atoms with Gasteiger partial charge < -0.3 is 14.7 Å². The molecule has 1 N–H and O–H groups in total. The quantitative estimate of drug-likeness (QED) is 0.941. The van der Waals surface area contributed by atoms with Crippen LogP contribution < -0.4 is 10.2 Å². The van der Waals surface area contributed by atoms with E-state index in [1.807, 2.05) is 6.92 Å². The molecule has 1 aliphatic rings. The highest BCUT2D eigenvalue weighted by Gasteiger charge is 2.21. The molecule has 2 aromatic rings. The average molecular weight is 317 g/mol. The van der Waals surface area contributed by atoms with Crippen molar-refractivity contribution in [1.82, 2.24) is 10.5 Å². The maximum Gasteiger partial charge on any atom is 0.227 e. The monoisotopic (exact) mass is 317 g/mol. The Balaban J connectivity index is 1.47. The second kappa shape index (κ2) is 6.81. The molecule has 1 amide bonds. The van der Waals surface area contributed by atoms with E-state index in [-0.39, 0.29) is 24.2 Å². The number of aromatic nitrogens is 1. The molecular formula is C17H20FN3O2. The summed E-state index contributed by atoms with van der Waals surface area (Å²) in [5.41, 5.74) is 1.80. The van der Waals surface area contributed by atoms with Crippen molar-refractivity contribution >= 4 is 11.6 Å². The van der Waals surface area contributed by atoms with Gasteiger partial charge in [-0.2, -0.15) is 0 Å². The van der Waals surface area contributed by atoms with Gasteiger partial charge in [-0.15, -0.1) is 0 Å². The van der Waals surface area contributed by atoms with Crippen LogP contribution in [0.1, 0.15) is 24.3 Å². The number of anilines is 1. The number of halogens is 1. The summed E-state index contributed by atoms with van der Waals surface area (Å²) in [6, 6.07) is 8.48. The van der Waals surface area contributed by atoms with Gasteiger partial charge in [-0.05, 0) is 44.0 Å². The third-order valence-electron chi connectivity index (χ3n) is 4.06. The van der Waals surface area contributed by atoms with E-state index in [1.54, 1.807) is 18.2 Å². The van der Waals surface area contributed by atoms with Crippen LogP contribution in [0.3, 0.4) is 0 Å². The zero-order chi connectivity index (χ0) is 16.2. The fraction of sp³-hybridized carbons (Fsp3) is 0.412. The van der Waals surface area contributed by atoms with Crippen molar-refractivity contribution < 1.29 is 13.7 Å². The van der Waals surface area contributed by atoms with Gasteiger partial charge in [0.2, 0.25) is 5.91 Å². The lowest BCUT2D eigenvalue weighted by Crippen LogP contribution is -2.45. The van der Waals surface area contributed by atoms with E-state index in [4.69, 9.17) is 4.52 Å². The predicted octanol–water partition coefficient (Wildman–Crippen LogP) is 2.45. The fourth-order valence-electron chi connectivity index (χ4n) is 2.87. The summed E-state index contributed by atoms with van der Waals surface area (Å²) in [5.74, 6) is 0.323. The van der Waals surface area contributed by atoms with E-state index in [1.165, 1.54) is 12.1 Å². The molecule has 0 bridgehead atoms. The second-order valence-corrected chi connectivity index (χ2v) is 5.92. The highest BCUT2D eigenvalue weighted by Crippen LogP contribution is 2.20. The van der Waals surface area contributed by atoms with Crippen molar-refractivity contribution in [1.29, 1.82) is 0 Å². The number of aryl methyl sites for hydroxylation is 1. The Morgan fingerprint density at radius 3 is 2.65 bits per heavy atom. The molecule has 0 radical (unpaired) electrons. The van der Waals surface area contributed by atoms with Gasteiger partial charge in [-0.25, -0.2) is 4.39 Å². The number of amides is 1. The first-order chi connectivity index (χ1) is 11.1. The van der Waals surface area contributed by atoms with Crippen molar-refractivity contribution in [3.05, 3.63) is 47.6 Å². The number of piperidine rings is 1. The lowest BCUT2D eigenvalue weighted by atomic mass is 10.0. The number of hydrogen-bond acceptors (Lipinski definition) is 4. The highest BCUT2D eigenvalue weighted by molar-refractivity contribution is 5.78. The first kappa shape index (κ1) is 15.5. The first-order valence-corrected chi connectivity index (χ1v) is 7.82. The van der Waals surface area contributed by atoms with Crippen LogP contribution in [-0.4, -0.2) is 30.2 Å². The summed E-state index contributed by atoms with van der Waals surface area (Å²) >= 11 is 0. The van der Waals surface area contributed by atoms with Crippen LogP contribution in [0.4, 0.5) is 10.1 Å². The number of carbonyl (C=O) groups is 1. The van der Waals surface area contributed by atoms with Crippen molar-refractivity contribution in [3.63, 3.8) is 0 Å². The van der Waals surface area contributed by atoms with E-state index >= 15 is 0 Å². The first-order valence-electron chi connectivity index (χ1n) is 7.82. The summed E-state index contributed by atoms with van der Waals surface area (Å²) in [5, 5.41) is 6.82. The minimum atomic E-state index is -0.224. The van der Waals surface area contributed by atoms with Crippen LogP contribution in [0.2, 0.25) is 0 Å². The van der Waals surface area contributed by atoms with Gasteiger partial charge >= 0.3 is 0 Å². The van der Waals surface area contributed by atoms with Crippen LogP contribution in [0, 0.1) is 12.7 Å². The second-order valence-electron chi connectivity index (χ2n) is 5.92. The molecule has 1 aromatic heterocycles. The lowest BCUT2D eigenvalue weighted by Gasteiger charge is -2.34. The molecule has 5 nitrogen and oxygen atoms in total. The maximum atomic E-state index is 13.0. The number of carbonyl (C=O) groups excluding carboxylic acids is 1. The van der Waals surface area contributed by atoms with Gasteiger partial charge in [0, 0.05) is 30.9 Å². The molecule has 23 heavy (non-hydrogen) atoms. The summed E-state index contributed by atoms with van der Waals surface area (Å²) in [4.78, 5) is 14.2. The Morgan fingerprint density at radius 1 is 1.35 bits per heavy atom. The van der Waals surface area contributed by atoms with E-state index < -0.39 is 0 Å². The Kier molecular flexibility index (Phi) is 4.60. The van der Waals surface area contributed by atoms with Gasteiger partial charge in [-0.3, -0.25) is 4.79 Å². The number of nitrogens with zero attached hydrogens (tertiary/aromatic N) is 2. The number of benzene rings is 1. The predicted molar refractivity (Wildman–Crippen MR) is 84.7 cm³/mol. The summed E-state index contributed by atoms with van der Waals surface area (Å²) in [6.07, 6.45) is 1.97. The molecule has 0 aliphatic carbocycles. The molecule has 1 aromatic carbocycles. The Morgan fingerprint density at radius 2 is 2.04 bits per heavy atom. The normalized spacial score (nSPS) is 15.7. The van der Waals surface area contributed by atoms with Crippen molar-refractivity contribution in [2.45, 2.75) is 32.2 Å². The Labute approximate surface area is 134 Å². The summed E-state index contributed by atoms with van der Waals surface area (Å²) < 4.78 is 18.0. The molecule has 1 aliphatic heterocycles. The average Bonchev–Trinajstić information content (AvgIpc) is 2.94. The summed E-state index contributed by atoms with van der Waals surface area (Å²) in [6.45, 7) is 3.52. The molecule has 0 unspecified atom stereocenters. The van der Waals surface area contributed by atoms with Crippen LogP contribution in [0.25, 0.3) is 0 Å². The van der Waals surface area contributed by atoms with E-state index in [0.717, 1.165) is 37.3 Å². The van der Waals surface area contributed by atoms with Crippen molar-refractivity contribution in [2.75, 3.05) is 18.0 Å². The maximum absolute atomic E-state index is 13.0. The SMILES string of the molecule is Cc1cc(CC(=O)NC2CCN(c3ccc(F)cc3)CC2)on1. The third-order valence-corrected chi connectivity index (χ3v) is 4.06. The molecule has 122 valence electrons. The third kappa shape index (κ3) is 4.09. The molecule has 1 fully saturated rings. The van der Waals surface area contributed by atoms with Crippen LogP contribution in [-0.2, 0) is 11.2 Å². The number of hydrogen-bond donors (Lipinski definition) is 1. The van der Waals surface area contributed by atoms with E-state index in [2.05, 4.69) is 15.4 Å². The summed E-state index contributed by atoms with van der Waals surface area (Å²) in [7, 11) is 0. The topological polar surface area (TPSA) is 58.4 Å². The van der Waals surface area contributed by atoms with Crippen LogP contribution in [0.5, 0.6) is 0 Å². The Hall–Kier alpha value is -2.37. The fourth-order valence-corrected chi connectivity index (χ4v) is 2.87. The van der Waals surface area contributed by atoms with Gasteiger partial charge in [0.1, 0.15) is 11.6 Å². The van der Waals surface area contributed by atoms with Gasteiger partial charge in [0.25, 0.3) is 0 Å². The van der Waals surface area contributed by atoms with Crippen molar-refractivity contribution in [3.8, 4) is 0 Å². The number of rotatable bonds is 4. The Bertz CT molecular complexity index is 661. The van der Waals surface area contributed by atoms with Crippen LogP contribution >= 0.6 is 0 Å². The smallest absolute Gasteiger partial charge is 0.227 e. The highest BCUT2D eigenvalue weighted by atomic mass is 19.1. The minimum Gasteiger partial charge on any atom is -0.371 e. The largest absolute Gasteiger partial charge is 0.371 e. The molecule has 1 saturated heterocycles. The van der Waals surface area contributed by atoms with Gasteiger partial charge in [-0.1, -0.05) is 5.16 Å². The van der Waals surface area contributed by atoms with E-state index in [9.17, 15) is 9.18 Å². The molecular weight excluding hydrogens is 297 g/mol. The zero-order valence-corrected chi connectivity index (χ0v) is 13.1. The molecule has 0 saturated carbocycles. The molecule has 6 heteroatoms. The molecule has 2 heterocycles. The van der Waals surface area contributed by atoms with Crippen molar-refractivity contribution in [2.24, 2.45) is 0 Å². The minimum absolute atomic E-state index is 0.0404. The molecule has 0 spiro atoms. The zero-order valence-electron chi connectivity index (χ0n) is 13.1. The molecule has 3 rings (SSSR count). The van der Waals surface area contributed by atoms with E-state index in [0.29, 0.717) is 5.76 Å². The lowest BCUT2D eigenvalue weighted by molar-refractivity contribution is -0.121. The molecule has 0 atom stereocenters. The van der Waals surface area contributed by atoms with Crippen LogP contribution in [0.15, 0.2) is 34.9 Å². The van der Waals surface area contributed by atoms with Gasteiger partial charge in [0.15, 0.2) is 0 Å². The standard InChI is InChI=1S/C17H20FN3O2/c1-12-10-16(23-20-12)11-17(22)19-14-6-8-21(9-7-14)15-4-2-13(18)3-5-15/h2-5,10,14H,6-9,11H2,1H3,(H,19,22).